The van der Waals surface area contributed by atoms with Gasteiger partial charge in [-0.1, -0.05) is 53.4 Å². The Kier molecular flexibility index (Phi) is 6.78. The summed E-state index contributed by atoms with van der Waals surface area (Å²) in [7, 11) is 0. The van der Waals surface area contributed by atoms with Crippen LogP contribution in [0.3, 0.4) is 0 Å². The highest BCUT2D eigenvalue weighted by Crippen LogP contribution is 2.25. The highest BCUT2D eigenvalue weighted by atomic mass is 79.9. The van der Waals surface area contributed by atoms with Crippen molar-refractivity contribution in [2.45, 2.75) is 31.9 Å². The van der Waals surface area contributed by atoms with E-state index < -0.39 is 0 Å². The van der Waals surface area contributed by atoms with Crippen molar-refractivity contribution in [3.63, 3.8) is 0 Å². The van der Waals surface area contributed by atoms with Crippen molar-refractivity contribution in [2.75, 3.05) is 5.75 Å². The zero-order chi connectivity index (χ0) is 11.1. The van der Waals surface area contributed by atoms with E-state index >= 15 is 0 Å². The maximum atomic E-state index is 6.13. The Morgan fingerprint density at radius 1 is 1.33 bits per heavy atom. The smallest absolute Gasteiger partial charge is 0.0457 e. The average Bonchev–Trinajstić information content (AvgIpc) is 2.20. The Morgan fingerprint density at radius 2 is 2.13 bits per heavy atom. The van der Waals surface area contributed by atoms with Crippen LogP contribution >= 0.6 is 39.3 Å². The Balaban J connectivity index is 2.31. The number of hydrogen-bond donors (Lipinski definition) is 0. The lowest BCUT2D eigenvalue weighted by Crippen LogP contribution is -1.85. The van der Waals surface area contributed by atoms with E-state index in [0.717, 1.165) is 15.2 Å². The van der Waals surface area contributed by atoms with E-state index in [1.165, 1.54) is 30.6 Å². The fraction of sp³-hybridized carbons (Fsp3) is 0.500. The second-order valence-corrected chi connectivity index (χ2v) is 5.92. The molecule has 0 bridgehead atoms. The van der Waals surface area contributed by atoms with E-state index in [4.69, 9.17) is 11.6 Å². The van der Waals surface area contributed by atoms with Gasteiger partial charge < -0.3 is 0 Å². The molecule has 0 spiro atoms. The van der Waals surface area contributed by atoms with E-state index in [9.17, 15) is 0 Å². The van der Waals surface area contributed by atoms with Gasteiger partial charge in [-0.15, -0.1) is 0 Å². The van der Waals surface area contributed by atoms with E-state index in [0.29, 0.717) is 0 Å². The minimum absolute atomic E-state index is 0.868. The van der Waals surface area contributed by atoms with E-state index in [2.05, 4.69) is 28.9 Å². The molecule has 0 N–H and O–H groups in total. The van der Waals surface area contributed by atoms with Crippen LogP contribution in [0.25, 0.3) is 0 Å². The summed E-state index contributed by atoms with van der Waals surface area (Å²) in [5.41, 5.74) is 1.24. The third-order valence-electron chi connectivity index (χ3n) is 2.16. The van der Waals surface area contributed by atoms with Crippen LogP contribution in [0.5, 0.6) is 0 Å². The van der Waals surface area contributed by atoms with Gasteiger partial charge in [-0.05, 0) is 29.9 Å². The average molecular weight is 308 g/mol. The highest BCUT2D eigenvalue weighted by molar-refractivity contribution is 9.10. The molecule has 84 valence electrons. The summed E-state index contributed by atoms with van der Waals surface area (Å²) in [5.74, 6) is 2.26. The number of thioether (sulfide) groups is 1. The fourth-order valence-corrected chi connectivity index (χ4v) is 3.12. The third-order valence-corrected chi connectivity index (χ3v) is 4.10. The molecule has 1 aromatic rings. The summed E-state index contributed by atoms with van der Waals surface area (Å²) in [4.78, 5) is 0. The van der Waals surface area contributed by atoms with Crippen LogP contribution in [0, 0.1) is 0 Å². The molecule has 0 heterocycles. The van der Waals surface area contributed by atoms with Gasteiger partial charge in [0.1, 0.15) is 0 Å². The molecule has 1 rings (SSSR count). The molecule has 0 aliphatic heterocycles. The lowest BCUT2D eigenvalue weighted by atomic mass is 10.2. The first-order valence-electron chi connectivity index (χ1n) is 5.25. The van der Waals surface area contributed by atoms with Gasteiger partial charge in [0.2, 0.25) is 0 Å². The number of unbranched alkanes of at least 4 members (excludes halogenated alkanes) is 2. The van der Waals surface area contributed by atoms with Gasteiger partial charge in [0.25, 0.3) is 0 Å². The molecule has 0 atom stereocenters. The minimum Gasteiger partial charge on any atom is -0.157 e. The lowest BCUT2D eigenvalue weighted by Gasteiger charge is -2.04. The monoisotopic (exact) mass is 306 g/mol. The molecule has 0 unspecified atom stereocenters. The molecule has 0 aliphatic carbocycles. The van der Waals surface area contributed by atoms with E-state index in [-0.39, 0.29) is 0 Å². The molecule has 3 heteroatoms. The van der Waals surface area contributed by atoms with Crippen LogP contribution in [-0.2, 0) is 5.75 Å². The van der Waals surface area contributed by atoms with Crippen LogP contribution < -0.4 is 0 Å². The van der Waals surface area contributed by atoms with Crippen LogP contribution in [0.15, 0.2) is 22.7 Å². The topological polar surface area (TPSA) is 0 Å². The molecular weight excluding hydrogens is 292 g/mol. The number of benzene rings is 1. The molecule has 0 amide bonds. The van der Waals surface area contributed by atoms with Crippen molar-refractivity contribution < 1.29 is 0 Å². The largest absolute Gasteiger partial charge is 0.157 e. The van der Waals surface area contributed by atoms with Crippen molar-refractivity contribution >= 4 is 39.3 Å². The second-order valence-electron chi connectivity index (χ2n) is 3.50. The summed E-state index contributed by atoms with van der Waals surface area (Å²) in [6, 6.07) is 6.11. The van der Waals surface area contributed by atoms with E-state index in [1.807, 2.05) is 23.9 Å². The van der Waals surface area contributed by atoms with Gasteiger partial charge in [0.15, 0.2) is 0 Å². The third kappa shape index (κ3) is 5.28. The predicted molar refractivity (Wildman–Crippen MR) is 74.8 cm³/mol. The summed E-state index contributed by atoms with van der Waals surface area (Å²) >= 11 is 11.5. The van der Waals surface area contributed by atoms with Gasteiger partial charge >= 0.3 is 0 Å². The maximum absolute atomic E-state index is 6.13. The van der Waals surface area contributed by atoms with Crippen molar-refractivity contribution in [1.82, 2.24) is 0 Å². The number of rotatable bonds is 6. The van der Waals surface area contributed by atoms with Gasteiger partial charge in [-0.3, -0.25) is 0 Å². The molecular formula is C12H16BrClS. The normalized spacial score (nSPS) is 10.6. The second kappa shape index (κ2) is 7.59. The van der Waals surface area contributed by atoms with Crippen molar-refractivity contribution in [2.24, 2.45) is 0 Å². The van der Waals surface area contributed by atoms with Gasteiger partial charge in [-0.2, -0.15) is 11.8 Å². The van der Waals surface area contributed by atoms with Crippen LogP contribution in [0.2, 0.25) is 5.02 Å². The van der Waals surface area contributed by atoms with Crippen molar-refractivity contribution in [3.05, 3.63) is 33.3 Å². The minimum atomic E-state index is 0.868. The Labute approximate surface area is 110 Å². The first-order chi connectivity index (χ1) is 7.24. The van der Waals surface area contributed by atoms with Gasteiger partial charge in [-0.25, -0.2) is 0 Å². The lowest BCUT2D eigenvalue weighted by molar-refractivity contribution is 0.778. The summed E-state index contributed by atoms with van der Waals surface area (Å²) in [5, 5.41) is 0.868. The van der Waals surface area contributed by atoms with Gasteiger partial charge in [0.05, 0.1) is 0 Å². The SMILES string of the molecule is CCCCCSCc1ccc(Br)cc1Cl. The fourth-order valence-electron chi connectivity index (χ4n) is 1.27. The molecule has 0 aromatic heterocycles. The molecule has 0 radical (unpaired) electrons. The standard InChI is InChI=1S/C12H16BrClS/c1-2-3-4-7-15-9-10-5-6-11(13)8-12(10)14/h5-6,8H,2-4,7,9H2,1H3. The van der Waals surface area contributed by atoms with Crippen molar-refractivity contribution in [1.29, 1.82) is 0 Å². The Bertz CT molecular complexity index is 302. The zero-order valence-corrected chi connectivity index (χ0v) is 12.1. The summed E-state index contributed by atoms with van der Waals surface area (Å²) in [6.07, 6.45) is 3.94. The highest BCUT2D eigenvalue weighted by Gasteiger charge is 2.00. The van der Waals surface area contributed by atoms with E-state index in [1.54, 1.807) is 0 Å². The van der Waals surface area contributed by atoms with Crippen LogP contribution in [0.1, 0.15) is 31.7 Å². The molecule has 0 saturated heterocycles. The summed E-state index contributed by atoms with van der Waals surface area (Å²) in [6.45, 7) is 2.23. The van der Waals surface area contributed by atoms with Crippen molar-refractivity contribution in [3.8, 4) is 0 Å². The quantitative estimate of drug-likeness (QED) is 0.623. The molecule has 0 fully saturated rings. The Morgan fingerprint density at radius 3 is 2.80 bits per heavy atom. The maximum Gasteiger partial charge on any atom is 0.0457 e. The first-order valence-corrected chi connectivity index (χ1v) is 7.58. The first kappa shape index (κ1) is 13.4. The number of halogens is 2. The Hall–Kier alpha value is 0.340. The number of hydrogen-bond acceptors (Lipinski definition) is 1. The summed E-state index contributed by atoms with van der Waals surface area (Å²) < 4.78 is 1.05. The molecule has 1 aromatic carbocycles. The molecule has 15 heavy (non-hydrogen) atoms. The zero-order valence-electron chi connectivity index (χ0n) is 8.93. The molecule has 0 nitrogen and oxygen atoms in total. The molecule has 0 aliphatic rings. The van der Waals surface area contributed by atoms with Crippen LogP contribution in [-0.4, -0.2) is 5.75 Å². The van der Waals surface area contributed by atoms with Gasteiger partial charge in [0, 0.05) is 15.2 Å². The van der Waals surface area contributed by atoms with Crippen LogP contribution in [0.4, 0.5) is 0 Å². The predicted octanol–water partition coefficient (Wildman–Crippen LogP) is 5.53. The molecule has 0 saturated carbocycles.